The average molecular weight is 365 g/mol. The van der Waals surface area contributed by atoms with Gasteiger partial charge in [-0.05, 0) is 31.5 Å². The van der Waals surface area contributed by atoms with Crippen molar-refractivity contribution < 1.29 is 13.6 Å². The molecule has 2 aromatic rings. The van der Waals surface area contributed by atoms with E-state index >= 15 is 0 Å². The molecule has 0 aliphatic heterocycles. The Labute approximate surface area is 148 Å². The molecule has 0 aliphatic carbocycles. The van der Waals surface area contributed by atoms with Gasteiger partial charge in [-0.1, -0.05) is 11.6 Å². The molecule has 1 amide bonds. The van der Waals surface area contributed by atoms with Crippen LogP contribution >= 0.6 is 11.6 Å². The van der Waals surface area contributed by atoms with Crippen molar-refractivity contribution in [1.29, 1.82) is 5.26 Å². The predicted octanol–water partition coefficient (Wildman–Crippen LogP) is 3.58. The molecule has 0 bridgehead atoms. The summed E-state index contributed by atoms with van der Waals surface area (Å²) in [6.45, 7) is 3.14. The number of aryl methyl sites for hydroxylation is 1. The molecule has 0 saturated heterocycles. The number of halogens is 3. The van der Waals surface area contributed by atoms with E-state index in [0.717, 1.165) is 11.0 Å². The first-order chi connectivity index (χ1) is 11.8. The smallest absolute Gasteiger partial charge is 0.246 e. The molecule has 130 valence electrons. The Hall–Kier alpha value is -2.72. The number of benzene rings is 1. The number of rotatable bonds is 4. The van der Waals surface area contributed by atoms with Gasteiger partial charge in [-0.3, -0.25) is 4.79 Å². The third-order valence-corrected chi connectivity index (χ3v) is 4.26. The molecule has 0 unspecified atom stereocenters. The van der Waals surface area contributed by atoms with Gasteiger partial charge in [0.1, 0.15) is 23.5 Å². The van der Waals surface area contributed by atoms with E-state index in [1.54, 1.807) is 13.8 Å². The van der Waals surface area contributed by atoms with E-state index in [1.807, 2.05) is 6.07 Å². The lowest BCUT2D eigenvalue weighted by Gasteiger charge is -2.19. The summed E-state index contributed by atoms with van der Waals surface area (Å²) in [4.78, 5) is 17.5. The fourth-order valence-corrected chi connectivity index (χ4v) is 2.40. The number of carbonyl (C=O) groups excluding carboxylic acids is 1. The van der Waals surface area contributed by atoms with Gasteiger partial charge in [0.15, 0.2) is 0 Å². The zero-order valence-electron chi connectivity index (χ0n) is 13.8. The van der Waals surface area contributed by atoms with Gasteiger partial charge < -0.3 is 10.2 Å². The highest BCUT2D eigenvalue weighted by Crippen LogP contribution is 2.26. The number of likely N-dealkylation sites (N-methyl/N-ethyl adjacent to an activating group) is 1. The Morgan fingerprint density at radius 1 is 1.40 bits per heavy atom. The van der Waals surface area contributed by atoms with Crippen molar-refractivity contribution >= 4 is 29.0 Å². The van der Waals surface area contributed by atoms with Crippen LogP contribution < -0.4 is 10.2 Å². The van der Waals surface area contributed by atoms with Crippen LogP contribution in [0.2, 0.25) is 5.02 Å². The van der Waals surface area contributed by atoms with Crippen molar-refractivity contribution in [2.24, 2.45) is 0 Å². The SMILES string of the molecule is Cc1nc(NCC(=O)N(C)c2ccc(F)cc2F)c(C#N)c(C)c1Cl. The summed E-state index contributed by atoms with van der Waals surface area (Å²) in [6, 6.07) is 4.94. The van der Waals surface area contributed by atoms with Gasteiger partial charge in [-0.2, -0.15) is 5.26 Å². The van der Waals surface area contributed by atoms with Crippen LogP contribution in [0.3, 0.4) is 0 Å². The van der Waals surface area contributed by atoms with Crippen LogP contribution in [0, 0.1) is 36.8 Å². The van der Waals surface area contributed by atoms with Crippen molar-refractivity contribution in [3.8, 4) is 6.07 Å². The lowest BCUT2D eigenvalue weighted by Crippen LogP contribution is -2.33. The Morgan fingerprint density at radius 2 is 2.08 bits per heavy atom. The number of hydrogen-bond donors (Lipinski definition) is 1. The first-order valence-electron chi connectivity index (χ1n) is 7.28. The third-order valence-electron chi connectivity index (χ3n) is 3.70. The minimum Gasteiger partial charge on any atom is -0.360 e. The molecular weight excluding hydrogens is 350 g/mol. The van der Waals surface area contributed by atoms with E-state index < -0.39 is 17.5 Å². The number of pyridine rings is 1. The quantitative estimate of drug-likeness (QED) is 0.900. The van der Waals surface area contributed by atoms with Crippen molar-refractivity contribution in [2.45, 2.75) is 13.8 Å². The molecule has 0 saturated carbocycles. The molecular formula is C17H15ClF2N4O. The molecule has 1 N–H and O–H groups in total. The number of nitrogens with zero attached hydrogens (tertiary/aromatic N) is 3. The molecule has 5 nitrogen and oxygen atoms in total. The molecule has 0 radical (unpaired) electrons. The number of hydrogen-bond acceptors (Lipinski definition) is 4. The van der Waals surface area contributed by atoms with Crippen molar-refractivity contribution in [1.82, 2.24) is 4.98 Å². The van der Waals surface area contributed by atoms with Gasteiger partial charge >= 0.3 is 0 Å². The standard InChI is InChI=1S/C17H15ClF2N4O/c1-9-12(7-21)17(23-10(2)16(9)18)22-8-15(25)24(3)14-5-4-11(19)6-13(14)20/h4-6H,8H2,1-3H3,(H,22,23). The second-order valence-corrected chi connectivity index (χ2v) is 5.75. The molecule has 8 heteroatoms. The number of amides is 1. The maximum absolute atomic E-state index is 13.8. The van der Waals surface area contributed by atoms with Gasteiger partial charge in [0.05, 0.1) is 28.5 Å². The Kier molecular flexibility index (Phi) is 5.55. The minimum atomic E-state index is -0.843. The molecule has 25 heavy (non-hydrogen) atoms. The van der Waals surface area contributed by atoms with Crippen LogP contribution in [-0.4, -0.2) is 24.5 Å². The molecule has 1 aromatic heterocycles. The first-order valence-corrected chi connectivity index (χ1v) is 7.66. The fraction of sp³-hybridized carbons (Fsp3) is 0.235. The lowest BCUT2D eigenvalue weighted by atomic mass is 10.1. The molecule has 0 aliphatic rings. The largest absolute Gasteiger partial charge is 0.360 e. The molecule has 2 rings (SSSR count). The minimum absolute atomic E-state index is 0.0508. The number of nitriles is 1. The summed E-state index contributed by atoms with van der Waals surface area (Å²) in [5.41, 5.74) is 1.26. The summed E-state index contributed by atoms with van der Waals surface area (Å²) >= 11 is 6.07. The topological polar surface area (TPSA) is 69.0 Å². The predicted molar refractivity (Wildman–Crippen MR) is 91.7 cm³/mol. The van der Waals surface area contributed by atoms with Crippen LogP contribution in [0.4, 0.5) is 20.3 Å². The first kappa shape index (κ1) is 18.6. The number of aromatic nitrogens is 1. The van der Waals surface area contributed by atoms with Crippen molar-refractivity contribution in [3.05, 3.63) is 51.7 Å². The van der Waals surface area contributed by atoms with Crippen LogP contribution in [0.25, 0.3) is 0 Å². The third kappa shape index (κ3) is 3.86. The van der Waals surface area contributed by atoms with E-state index in [-0.39, 0.29) is 23.6 Å². The van der Waals surface area contributed by atoms with Crippen LogP contribution in [-0.2, 0) is 4.79 Å². The second kappa shape index (κ2) is 7.45. The van der Waals surface area contributed by atoms with Crippen LogP contribution in [0.15, 0.2) is 18.2 Å². The van der Waals surface area contributed by atoms with E-state index in [0.29, 0.717) is 22.3 Å². The number of nitrogens with one attached hydrogen (secondary N) is 1. The van der Waals surface area contributed by atoms with Crippen molar-refractivity contribution in [3.63, 3.8) is 0 Å². The van der Waals surface area contributed by atoms with Crippen LogP contribution in [0.5, 0.6) is 0 Å². The zero-order chi connectivity index (χ0) is 18.7. The Bertz CT molecular complexity index is 880. The van der Waals surface area contributed by atoms with Gasteiger partial charge in [-0.25, -0.2) is 13.8 Å². The second-order valence-electron chi connectivity index (χ2n) is 5.37. The molecule has 1 aromatic carbocycles. The highest BCUT2D eigenvalue weighted by molar-refractivity contribution is 6.32. The maximum Gasteiger partial charge on any atom is 0.246 e. The summed E-state index contributed by atoms with van der Waals surface area (Å²) < 4.78 is 26.7. The lowest BCUT2D eigenvalue weighted by molar-refractivity contribution is -0.116. The van der Waals surface area contributed by atoms with E-state index in [1.165, 1.54) is 13.1 Å². The molecule has 0 fully saturated rings. The monoisotopic (exact) mass is 364 g/mol. The van der Waals surface area contributed by atoms with Gasteiger partial charge in [-0.15, -0.1) is 0 Å². The average Bonchev–Trinajstić information content (AvgIpc) is 2.57. The summed E-state index contributed by atoms with van der Waals surface area (Å²) in [5.74, 6) is -1.83. The van der Waals surface area contributed by atoms with Gasteiger partial charge in [0, 0.05) is 13.1 Å². The molecule has 1 heterocycles. The van der Waals surface area contributed by atoms with E-state index in [4.69, 9.17) is 11.6 Å². The maximum atomic E-state index is 13.8. The highest BCUT2D eigenvalue weighted by atomic mass is 35.5. The summed E-state index contributed by atoms with van der Waals surface area (Å²) in [7, 11) is 1.37. The van der Waals surface area contributed by atoms with E-state index in [2.05, 4.69) is 10.3 Å². The Morgan fingerprint density at radius 3 is 2.68 bits per heavy atom. The van der Waals surface area contributed by atoms with Gasteiger partial charge in [0.2, 0.25) is 5.91 Å². The molecule has 0 atom stereocenters. The Balaban J connectivity index is 2.19. The fourth-order valence-electron chi connectivity index (χ4n) is 2.26. The normalized spacial score (nSPS) is 10.3. The van der Waals surface area contributed by atoms with E-state index in [9.17, 15) is 18.8 Å². The number of carbonyl (C=O) groups is 1. The highest BCUT2D eigenvalue weighted by Gasteiger charge is 2.18. The van der Waals surface area contributed by atoms with Crippen LogP contribution in [0.1, 0.15) is 16.8 Å². The van der Waals surface area contributed by atoms with Crippen molar-refractivity contribution in [2.75, 3.05) is 23.8 Å². The summed E-state index contributed by atoms with van der Waals surface area (Å²) in [5, 5.41) is 12.4. The summed E-state index contributed by atoms with van der Waals surface area (Å²) in [6.07, 6.45) is 0. The zero-order valence-corrected chi connectivity index (χ0v) is 14.6. The number of anilines is 2. The van der Waals surface area contributed by atoms with Gasteiger partial charge in [0.25, 0.3) is 0 Å². The molecule has 0 spiro atoms.